The van der Waals surface area contributed by atoms with E-state index < -0.39 is 5.82 Å². The minimum Gasteiger partial charge on any atom is -0.423 e. The maximum Gasteiger partial charge on any atom is 0.314 e. The highest BCUT2D eigenvalue weighted by Crippen LogP contribution is 2.37. The van der Waals surface area contributed by atoms with Gasteiger partial charge in [0.1, 0.15) is 0 Å². The molecule has 3 heteroatoms. The van der Waals surface area contributed by atoms with Crippen LogP contribution in [0.5, 0.6) is 5.75 Å². The van der Waals surface area contributed by atoms with E-state index >= 15 is 4.39 Å². The molecule has 0 aromatic heterocycles. The first-order valence-electron chi connectivity index (χ1n) is 11.2. The molecule has 0 bridgehead atoms. The zero-order valence-electron chi connectivity index (χ0n) is 18.5. The van der Waals surface area contributed by atoms with Crippen molar-refractivity contribution in [2.75, 3.05) is 0 Å². The van der Waals surface area contributed by atoms with Crippen LogP contribution in [0.25, 0.3) is 11.1 Å². The Balaban J connectivity index is 1.57. The molecule has 1 heterocycles. The van der Waals surface area contributed by atoms with Crippen molar-refractivity contribution in [3.05, 3.63) is 88.7 Å². The summed E-state index contributed by atoms with van der Waals surface area (Å²) in [4.78, 5) is 12.1. The van der Waals surface area contributed by atoms with Crippen LogP contribution in [0.3, 0.4) is 0 Å². The van der Waals surface area contributed by atoms with E-state index in [1.807, 2.05) is 25.1 Å². The van der Waals surface area contributed by atoms with Crippen LogP contribution in [0.15, 0.2) is 60.7 Å². The molecule has 2 unspecified atom stereocenters. The molecule has 0 fully saturated rings. The molecule has 2 atom stereocenters. The Morgan fingerprint density at radius 3 is 2.23 bits per heavy atom. The zero-order chi connectivity index (χ0) is 22.0. The van der Waals surface area contributed by atoms with Gasteiger partial charge in [-0.2, -0.15) is 0 Å². The topological polar surface area (TPSA) is 26.3 Å². The summed E-state index contributed by atoms with van der Waals surface area (Å²) in [6, 6.07) is 20.5. The standard InChI is InChI=1S/C28H29FO2/c1-4-6-19-7-9-21(10-8-19)18(3)22-11-13-23(14-12-22)25-16-15-24-17-20(5-2)28(30)31-27(24)26(25)29/h7-16,18,20H,4-6,17H2,1-3H3. The third-order valence-electron chi connectivity index (χ3n) is 6.41. The summed E-state index contributed by atoms with van der Waals surface area (Å²) in [7, 11) is 0. The fourth-order valence-electron chi connectivity index (χ4n) is 4.34. The summed E-state index contributed by atoms with van der Waals surface area (Å²) in [6.45, 7) is 6.33. The van der Waals surface area contributed by atoms with Gasteiger partial charge in [0, 0.05) is 11.5 Å². The van der Waals surface area contributed by atoms with E-state index in [1.165, 1.54) is 16.7 Å². The first-order valence-corrected chi connectivity index (χ1v) is 11.2. The van der Waals surface area contributed by atoms with E-state index in [2.05, 4.69) is 50.2 Å². The molecule has 3 aromatic rings. The second kappa shape index (κ2) is 9.05. The molecule has 0 amide bonds. The molecule has 31 heavy (non-hydrogen) atoms. The fourth-order valence-corrected chi connectivity index (χ4v) is 4.34. The van der Waals surface area contributed by atoms with E-state index in [1.54, 1.807) is 6.07 Å². The Kier molecular flexibility index (Phi) is 6.22. The number of aryl methyl sites for hydroxylation is 1. The minimum atomic E-state index is -0.451. The molecule has 0 radical (unpaired) electrons. The smallest absolute Gasteiger partial charge is 0.314 e. The van der Waals surface area contributed by atoms with Gasteiger partial charge in [-0.25, -0.2) is 4.39 Å². The van der Waals surface area contributed by atoms with Crippen molar-refractivity contribution in [3.63, 3.8) is 0 Å². The molecule has 0 spiro atoms. The van der Waals surface area contributed by atoms with Gasteiger partial charge < -0.3 is 4.74 Å². The molecule has 3 aromatic carbocycles. The molecule has 160 valence electrons. The van der Waals surface area contributed by atoms with Crippen molar-refractivity contribution in [3.8, 4) is 16.9 Å². The predicted octanol–water partition coefficient (Wildman–Crippen LogP) is 7.08. The van der Waals surface area contributed by atoms with Gasteiger partial charge in [-0.15, -0.1) is 0 Å². The largest absolute Gasteiger partial charge is 0.423 e. The lowest BCUT2D eigenvalue weighted by atomic mass is 9.89. The van der Waals surface area contributed by atoms with Crippen LogP contribution in [0.1, 0.15) is 61.8 Å². The van der Waals surface area contributed by atoms with Gasteiger partial charge >= 0.3 is 5.97 Å². The van der Waals surface area contributed by atoms with Gasteiger partial charge in [0.05, 0.1) is 5.92 Å². The van der Waals surface area contributed by atoms with Crippen molar-refractivity contribution in [2.24, 2.45) is 5.92 Å². The van der Waals surface area contributed by atoms with E-state index in [0.717, 1.165) is 24.0 Å². The highest BCUT2D eigenvalue weighted by Gasteiger charge is 2.30. The summed E-state index contributed by atoms with van der Waals surface area (Å²) in [5, 5.41) is 0. The van der Waals surface area contributed by atoms with E-state index in [-0.39, 0.29) is 23.6 Å². The molecular formula is C28H29FO2. The Labute approximate surface area is 184 Å². The average Bonchev–Trinajstić information content (AvgIpc) is 2.80. The number of hydrogen-bond donors (Lipinski definition) is 0. The summed E-state index contributed by atoms with van der Waals surface area (Å²) in [5.41, 5.74) is 5.83. The number of benzene rings is 3. The monoisotopic (exact) mass is 416 g/mol. The normalized spacial score (nSPS) is 16.5. The number of carbonyl (C=O) groups is 1. The minimum absolute atomic E-state index is 0.0943. The Morgan fingerprint density at radius 2 is 1.61 bits per heavy atom. The van der Waals surface area contributed by atoms with Crippen LogP contribution in [0.2, 0.25) is 0 Å². The predicted molar refractivity (Wildman–Crippen MR) is 123 cm³/mol. The lowest BCUT2D eigenvalue weighted by Gasteiger charge is -2.23. The highest BCUT2D eigenvalue weighted by atomic mass is 19.1. The van der Waals surface area contributed by atoms with Crippen molar-refractivity contribution in [1.82, 2.24) is 0 Å². The lowest BCUT2D eigenvalue weighted by molar-refractivity contribution is -0.140. The quantitative estimate of drug-likeness (QED) is 0.317. The second-order valence-corrected chi connectivity index (χ2v) is 8.48. The molecule has 1 aliphatic rings. The van der Waals surface area contributed by atoms with Crippen LogP contribution in [0, 0.1) is 11.7 Å². The van der Waals surface area contributed by atoms with Crippen molar-refractivity contribution in [2.45, 2.75) is 52.4 Å². The third kappa shape index (κ3) is 4.27. The maximum absolute atomic E-state index is 15.2. The summed E-state index contributed by atoms with van der Waals surface area (Å²) < 4.78 is 20.6. The zero-order valence-corrected chi connectivity index (χ0v) is 18.5. The van der Waals surface area contributed by atoms with Gasteiger partial charge in [-0.3, -0.25) is 4.79 Å². The van der Waals surface area contributed by atoms with Crippen LogP contribution >= 0.6 is 0 Å². The molecule has 2 nitrogen and oxygen atoms in total. The van der Waals surface area contributed by atoms with Gasteiger partial charge in [0.15, 0.2) is 11.6 Å². The SMILES string of the molecule is CCCc1ccc(C(C)c2ccc(-c3ccc4c(c3F)OC(=O)C(CC)C4)cc2)cc1. The highest BCUT2D eigenvalue weighted by molar-refractivity contribution is 5.79. The maximum atomic E-state index is 15.2. The number of hydrogen-bond acceptors (Lipinski definition) is 2. The van der Waals surface area contributed by atoms with E-state index in [9.17, 15) is 4.79 Å². The summed E-state index contributed by atoms with van der Waals surface area (Å²) >= 11 is 0. The van der Waals surface area contributed by atoms with Crippen LogP contribution in [0.4, 0.5) is 4.39 Å². The number of esters is 1. The Hall–Kier alpha value is -2.94. The third-order valence-corrected chi connectivity index (χ3v) is 6.41. The van der Waals surface area contributed by atoms with Crippen molar-refractivity contribution < 1.29 is 13.9 Å². The van der Waals surface area contributed by atoms with Gasteiger partial charge in [-0.1, -0.05) is 87.9 Å². The number of rotatable bonds is 6. The fraction of sp³-hybridized carbons (Fsp3) is 0.321. The molecule has 1 aliphatic heterocycles. The van der Waals surface area contributed by atoms with Crippen molar-refractivity contribution in [1.29, 1.82) is 0 Å². The second-order valence-electron chi connectivity index (χ2n) is 8.48. The van der Waals surface area contributed by atoms with E-state index in [4.69, 9.17) is 4.74 Å². The van der Waals surface area contributed by atoms with Crippen LogP contribution < -0.4 is 4.74 Å². The number of carbonyl (C=O) groups excluding carboxylic acids is 1. The molecule has 0 N–H and O–H groups in total. The number of ether oxygens (including phenoxy) is 1. The van der Waals surface area contributed by atoms with E-state index in [0.29, 0.717) is 18.4 Å². The molecule has 0 saturated heterocycles. The summed E-state index contributed by atoms with van der Waals surface area (Å²) in [5.74, 6) is -0.621. The van der Waals surface area contributed by atoms with Crippen LogP contribution in [-0.4, -0.2) is 5.97 Å². The summed E-state index contributed by atoms with van der Waals surface area (Å²) in [6.07, 6.45) is 3.48. The average molecular weight is 417 g/mol. The first-order chi connectivity index (χ1) is 15.0. The van der Waals surface area contributed by atoms with Gasteiger partial charge in [-0.05, 0) is 47.1 Å². The molecule has 4 rings (SSSR count). The van der Waals surface area contributed by atoms with Gasteiger partial charge in [0.25, 0.3) is 0 Å². The first kappa shape index (κ1) is 21.3. The molecule has 0 aliphatic carbocycles. The Bertz CT molecular complexity index is 1070. The Morgan fingerprint density at radius 1 is 0.968 bits per heavy atom. The van der Waals surface area contributed by atoms with Crippen molar-refractivity contribution >= 4 is 5.97 Å². The molecule has 0 saturated carbocycles. The number of halogens is 1. The van der Waals surface area contributed by atoms with Gasteiger partial charge in [0.2, 0.25) is 0 Å². The number of fused-ring (bicyclic) bond motifs is 1. The lowest BCUT2D eigenvalue weighted by Crippen LogP contribution is -2.27. The van der Waals surface area contributed by atoms with Crippen LogP contribution in [-0.2, 0) is 17.6 Å². The molecular weight excluding hydrogens is 387 g/mol.